The fourth-order valence-corrected chi connectivity index (χ4v) is 3.60. The maximum Gasteiger partial charge on any atom is 0.330 e. The largest absolute Gasteiger partial charge is 0.383 e. The van der Waals surface area contributed by atoms with Gasteiger partial charge in [0, 0.05) is 25.1 Å². The van der Waals surface area contributed by atoms with Gasteiger partial charge in [-0.15, -0.1) is 0 Å². The number of carbonyl (C=O) groups excluding carboxylic acids is 1. The van der Waals surface area contributed by atoms with Crippen LogP contribution < -0.4 is 21.9 Å². The Morgan fingerprint density at radius 1 is 1.12 bits per heavy atom. The van der Waals surface area contributed by atoms with Gasteiger partial charge < -0.3 is 5.73 Å². The molecule has 3 heterocycles. The Balaban J connectivity index is 1.78. The number of nitrogens with one attached hydrogen (secondary N) is 1. The number of nitrogen functional groups attached to an aromatic ring is 1. The minimum absolute atomic E-state index is 0.0485. The molecule has 0 saturated heterocycles. The molecule has 174 valence electrons. The molecular formula is C24H25N7O3. The highest BCUT2D eigenvalue weighted by atomic mass is 16.2. The van der Waals surface area contributed by atoms with Gasteiger partial charge >= 0.3 is 5.69 Å². The maximum atomic E-state index is 13.6. The van der Waals surface area contributed by atoms with E-state index in [0.717, 1.165) is 12.0 Å². The number of pyridine rings is 1. The monoisotopic (exact) mass is 459 g/mol. The van der Waals surface area contributed by atoms with Crippen LogP contribution in [0.25, 0.3) is 5.82 Å². The van der Waals surface area contributed by atoms with Crippen molar-refractivity contribution in [2.24, 2.45) is 0 Å². The molecule has 0 aliphatic rings. The Hall–Kier alpha value is -4.47. The van der Waals surface area contributed by atoms with Gasteiger partial charge in [0.05, 0.1) is 12.1 Å². The lowest BCUT2D eigenvalue weighted by atomic mass is 10.1. The van der Waals surface area contributed by atoms with Gasteiger partial charge in [-0.05, 0) is 30.2 Å². The molecule has 0 aliphatic carbocycles. The maximum absolute atomic E-state index is 13.6. The molecule has 3 N–H and O–H groups in total. The number of benzene rings is 1. The van der Waals surface area contributed by atoms with E-state index in [0.29, 0.717) is 18.8 Å². The second-order valence-corrected chi connectivity index (χ2v) is 7.73. The van der Waals surface area contributed by atoms with Crippen LogP contribution in [0.4, 0.5) is 11.5 Å². The summed E-state index contributed by atoms with van der Waals surface area (Å²) < 4.78 is 2.87. The highest BCUT2D eigenvalue weighted by Gasteiger charge is 2.26. The standard InChI is InChI=1S/C24H25N7O3/c1-2-3-13-29-21(25)20(22(32)28-24(29)34)30(16-17-8-5-4-6-9-17)23(33)18-10-11-19(26-15-18)31-14-7-12-27-31/h4-12,14-15H,2-3,13,16,25H2,1H3,(H,28,32,34). The third-order valence-electron chi connectivity index (χ3n) is 5.38. The van der Waals surface area contributed by atoms with Crippen molar-refractivity contribution in [3.63, 3.8) is 0 Å². The first-order chi connectivity index (χ1) is 16.5. The molecule has 1 aromatic carbocycles. The first kappa shape index (κ1) is 22.7. The first-order valence-corrected chi connectivity index (χ1v) is 10.9. The molecule has 3 aromatic heterocycles. The lowest BCUT2D eigenvalue weighted by molar-refractivity contribution is 0.0984. The first-order valence-electron chi connectivity index (χ1n) is 10.9. The molecular weight excluding hydrogens is 434 g/mol. The topological polar surface area (TPSA) is 132 Å². The van der Waals surface area contributed by atoms with Crippen molar-refractivity contribution >= 4 is 17.4 Å². The van der Waals surface area contributed by atoms with E-state index in [1.54, 1.807) is 35.3 Å². The van der Waals surface area contributed by atoms with Crippen molar-refractivity contribution in [2.75, 3.05) is 10.6 Å². The molecule has 0 atom stereocenters. The number of amides is 1. The van der Waals surface area contributed by atoms with E-state index in [4.69, 9.17) is 5.73 Å². The summed E-state index contributed by atoms with van der Waals surface area (Å²) in [6.45, 7) is 2.40. The second kappa shape index (κ2) is 9.99. The zero-order valence-corrected chi connectivity index (χ0v) is 18.7. The molecule has 10 nitrogen and oxygen atoms in total. The number of carbonyl (C=O) groups is 1. The van der Waals surface area contributed by atoms with Crippen LogP contribution in [0.15, 0.2) is 76.7 Å². The van der Waals surface area contributed by atoms with Gasteiger partial charge in [-0.3, -0.25) is 24.0 Å². The molecule has 4 rings (SSSR count). The predicted molar refractivity (Wildman–Crippen MR) is 129 cm³/mol. The molecule has 1 amide bonds. The van der Waals surface area contributed by atoms with Crippen LogP contribution in [0.2, 0.25) is 0 Å². The molecule has 34 heavy (non-hydrogen) atoms. The third-order valence-corrected chi connectivity index (χ3v) is 5.38. The number of nitrogens with two attached hydrogens (primary N) is 1. The van der Waals surface area contributed by atoms with E-state index in [1.165, 1.54) is 15.7 Å². The van der Waals surface area contributed by atoms with Crippen LogP contribution in [0.1, 0.15) is 35.7 Å². The van der Waals surface area contributed by atoms with E-state index in [-0.39, 0.29) is 23.6 Å². The number of aromatic amines is 1. The molecule has 4 aromatic rings. The van der Waals surface area contributed by atoms with Gasteiger partial charge in [-0.1, -0.05) is 43.7 Å². The predicted octanol–water partition coefficient (Wildman–Crippen LogP) is 2.35. The Labute approximate surface area is 195 Å². The average Bonchev–Trinajstić information content (AvgIpc) is 3.38. The lowest BCUT2D eigenvalue weighted by Gasteiger charge is -2.25. The van der Waals surface area contributed by atoms with Crippen molar-refractivity contribution in [1.82, 2.24) is 24.3 Å². The van der Waals surface area contributed by atoms with Gasteiger partial charge in [0.1, 0.15) is 5.82 Å². The van der Waals surface area contributed by atoms with Gasteiger partial charge in [0.2, 0.25) is 0 Å². The number of aromatic nitrogens is 5. The van der Waals surface area contributed by atoms with Gasteiger partial charge in [-0.25, -0.2) is 14.5 Å². The fourth-order valence-electron chi connectivity index (χ4n) is 3.60. The van der Waals surface area contributed by atoms with Crippen LogP contribution in [0.3, 0.4) is 0 Å². The van der Waals surface area contributed by atoms with Crippen molar-refractivity contribution in [3.05, 3.63) is 99.1 Å². The number of hydrogen-bond donors (Lipinski definition) is 2. The van der Waals surface area contributed by atoms with E-state index in [1.807, 2.05) is 37.3 Å². The summed E-state index contributed by atoms with van der Waals surface area (Å²) in [6.07, 6.45) is 6.33. The number of rotatable bonds is 8. The molecule has 0 fully saturated rings. The Bertz CT molecular complexity index is 1380. The highest BCUT2D eigenvalue weighted by molar-refractivity contribution is 6.07. The highest BCUT2D eigenvalue weighted by Crippen LogP contribution is 2.22. The number of nitrogens with zero attached hydrogens (tertiary/aromatic N) is 5. The molecule has 0 saturated carbocycles. The normalized spacial score (nSPS) is 10.9. The summed E-state index contributed by atoms with van der Waals surface area (Å²) in [6, 6.07) is 14.3. The third kappa shape index (κ3) is 4.65. The van der Waals surface area contributed by atoms with E-state index in [2.05, 4.69) is 15.1 Å². The summed E-state index contributed by atoms with van der Waals surface area (Å²) in [4.78, 5) is 46.8. The zero-order valence-electron chi connectivity index (χ0n) is 18.7. The van der Waals surface area contributed by atoms with Crippen LogP contribution in [-0.2, 0) is 13.1 Å². The summed E-state index contributed by atoms with van der Waals surface area (Å²) in [5.41, 5.74) is 5.97. The number of hydrogen-bond acceptors (Lipinski definition) is 6. The van der Waals surface area contributed by atoms with Gasteiger partial charge in [-0.2, -0.15) is 5.10 Å². The minimum Gasteiger partial charge on any atom is -0.383 e. The van der Waals surface area contributed by atoms with Crippen LogP contribution >= 0.6 is 0 Å². The van der Waals surface area contributed by atoms with Gasteiger partial charge in [0.15, 0.2) is 11.5 Å². The van der Waals surface area contributed by atoms with E-state index < -0.39 is 17.2 Å². The van der Waals surface area contributed by atoms with E-state index in [9.17, 15) is 14.4 Å². The molecule has 0 aliphatic heterocycles. The lowest BCUT2D eigenvalue weighted by Crippen LogP contribution is -2.41. The number of unbranched alkanes of at least 4 members (excludes halogenated alkanes) is 1. The Kier molecular flexibility index (Phi) is 6.67. The van der Waals surface area contributed by atoms with Crippen molar-refractivity contribution in [3.8, 4) is 5.82 Å². The average molecular weight is 460 g/mol. The van der Waals surface area contributed by atoms with Crippen molar-refractivity contribution in [2.45, 2.75) is 32.9 Å². The molecule has 10 heteroatoms. The Morgan fingerprint density at radius 2 is 1.91 bits per heavy atom. The quantitative estimate of drug-likeness (QED) is 0.416. The summed E-state index contributed by atoms with van der Waals surface area (Å²) in [5.74, 6) is 0.0236. The smallest absolute Gasteiger partial charge is 0.330 e. The second-order valence-electron chi connectivity index (χ2n) is 7.73. The molecule has 0 spiro atoms. The fraction of sp³-hybridized carbons (Fsp3) is 0.208. The minimum atomic E-state index is -0.722. The van der Waals surface area contributed by atoms with E-state index >= 15 is 0 Å². The van der Waals surface area contributed by atoms with Crippen LogP contribution in [-0.4, -0.2) is 30.2 Å². The summed E-state index contributed by atoms with van der Waals surface area (Å²) in [7, 11) is 0. The molecule has 0 bridgehead atoms. The SMILES string of the molecule is CCCCn1c(N)c(N(Cc2ccccc2)C(=O)c2ccc(-n3cccn3)nc2)c(=O)[nH]c1=O. The number of anilines is 2. The molecule has 0 radical (unpaired) electrons. The molecule has 0 unspecified atom stereocenters. The summed E-state index contributed by atoms with van der Waals surface area (Å²) >= 11 is 0. The van der Waals surface area contributed by atoms with Gasteiger partial charge in [0.25, 0.3) is 11.5 Å². The Morgan fingerprint density at radius 3 is 2.56 bits per heavy atom. The van der Waals surface area contributed by atoms with Crippen LogP contribution in [0, 0.1) is 0 Å². The summed E-state index contributed by atoms with van der Waals surface area (Å²) in [5, 5.41) is 4.13. The zero-order chi connectivity index (χ0) is 24.1. The van der Waals surface area contributed by atoms with Crippen LogP contribution in [0.5, 0.6) is 0 Å². The van der Waals surface area contributed by atoms with Crippen molar-refractivity contribution in [1.29, 1.82) is 0 Å². The number of H-pyrrole nitrogens is 1. The van der Waals surface area contributed by atoms with Crippen molar-refractivity contribution < 1.29 is 4.79 Å².